The van der Waals surface area contributed by atoms with Crippen molar-refractivity contribution in [2.45, 2.75) is 32.7 Å². The minimum Gasteiger partial charge on any atom is -0.381 e. The molecule has 0 spiro atoms. The summed E-state index contributed by atoms with van der Waals surface area (Å²) >= 11 is 0. The van der Waals surface area contributed by atoms with Crippen LogP contribution in [-0.4, -0.2) is 34.1 Å². The Labute approximate surface area is 100 Å². The number of carbonyl (C=O) groups excluding carboxylic acids is 1. The number of nitrogens with zero attached hydrogens (tertiary/aromatic N) is 3. The van der Waals surface area contributed by atoms with Gasteiger partial charge in [-0.25, -0.2) is 4.68 Å². The Hall–Kier alpha value is -1.43. The van der Waals surface area contributed by atoms with E-state index in [0.29, 0.717) is 19.0 Å². The number of nitrogens with one attached hydrogen (secondary N) is 1. The van der Waals surface area contributed by atoms with Crippen LogP contribution < -0.4 is 5.32 Å². The molecule has 17 heavy (non-hydrogen) atoms. The van der Waals surface area contributed by atoms with E-state index in [1.165, 1.54) is 0 Å². The molecule has 0 atom stereocenters. The first-order chi connectivity index (χ1) is 8.16. The largest absolute Gasteiger partial charge is 0.381 e. The molecule has 1 aliphatic rings. The maximum Gasteiger partial charge on any atom is 0.228 e. The minimum absolute atomic E-state index is 0.0177. The van der Waals surface area contributed by atoms with Crippen molar-refractivity contribution in [1.29, 1.82) is 0 Å². The highest BCUT2D eigenvalue weighted by Crippen LogP contribution is 2.16. The maximum absolute atomic E-state index is 11.9. The number of hydrogen-bond acceptors (Lipinski definition) is 4. The lowest BCUT2D eigenvalue weighted by Gasteiger charge is -2.20. The van der Waals surface area contributed by atoms with Crippen LogP contribution in [0.15, 0.2) is 6.20 Å². The molecular formula is C11H18N4O2. The van der Waals surface area contributed by atoms with Crippen molar-refractivity contribution in [3.63, 3.8) is 0 Å². The van der Waals surface area contributed by atoms with Crippen LogP contribution in [0.1, 0.15) is 32.7 Å². The van der Waals surface area contributed by atoms with Crippen molar-refractivity contribution in [2.24, 2.45) is 5.92 Å². The standard InChI is InChI=1S/C11H18N4O2/c1-8(2)15-7-10(13-14-15)12-11(16)9-3-5-17-6-4-9/h7-9H,3-6H2,1-2H3,(H,12,16). The average molecular weight is 238 g/mol. The van der Waals surface area contributed by atoms with Crippen LogP contribution in [0.25, 0.3) is 0 Å². The Bertz CT molecular complexity index is 383. The third-order valence-corrected chi connectivity index (χ3v) is 2.88. The predicted molar refractivity (Wildman–Crippen MR) is 62.6 cm³/mol. The molecule has 6 nitrogen and oxygen atoms in total. The second kappa shape index (κ2) is 5.27. The van der Waals surface area contributed by atoms with Gasteiger partial charge in [0.05, 0.1) is 6.20 Å². The van der Waals surface area contributed by atoms with E-state index in [4.69, 9.17) is 4.74 Å². The summed E-state index contributed by atoms with van der Waals surface area (Å²) < 4.78 is 6.95. The summed E-state index contributed by atoms with van der Waals surface area (Å²) in [5.41, 5.74) is 0. The van der Waals surface area contributed by atoms with Gasteiger partial charge in [0.15, 0.2) is 5.82 Å². The second-order valence-electron chi connectivity index (χ2n) is 4.55. The molecule has 1 aromatic rings. The summed E-state index contributed by atoms with van der Waals surface area (Å²) in [5.74, 6) is 0.576. The highest BCUT2D eigenvalue weighted by Gasteiger charge is 2.22. The summed E-state index contributed by atoms with van der Waals surface area (Å²) in [6, 6.07) is 0.247. The third-order valence-electron chi connectivity index (χ3n) is 2.88. The van der Waals surface area contributed by atoms with E-state index in [1.54, 1.807) is 10.9 Å². The molecule has 1 fully saturated rings. The molecule has 0 aliphatic carbocycles. The molecule has 0 radical (unpaired) electrons. The van der Waals surface area contributed by atoms with Crippen LogP contribution in [0.2, 0.25) is 0 Å². The lowest BCUT2D eigenvalue weighted by Crippen LogP contribution is -2.28. The summed E-state index contributed by atoms with van der Waals surface area (Å²) in [7, 11) is 0. The van der Waals surface area contributed by atoms with Crippen LogP contribution in [0.3, 0.4) is 0 Å². The fourth-order valence-electron chi connectivity index (χ4n) is 1.77. The van der Waals surface area contributed by atoms with Gasteiger partial charge in [-0.2, -0.15) is 0 Å². The first-order valence-corrected chi connectivity index (χ1v) is 5.97. The van der Waals surface area contributed by atoms with Crippen LogP contribution in [-0.2, 0) is 9.53 Å². The first-order valence-electron chi connectivity index (χ1n) is 5.97. The highest BCUT2D eigenvalue weighted by molar-refractivity contribution is 5.91. The van der Waals surface area contributed by atoms with Crippen molar-refractivity contribution >= 4 is 11.7 Å². The zero-order valence-electron chi connectivity index (χ0n) is 10.2. The predicted octanol–water partition coefficient (Wildman–Crippen LogP) is 1.22. The van der Waals surface area contributed by atoms with E-state index in [9.17, 15) is 4.79 Å². The van der Waals surface area contributed by atoms with E-state index >= 15 is 0 Å². The van der Waals surface area contributed by atoms with Crippen molar-refractivity contribution in [3.05, 3.63) is 6.20 Å². The van der Waals surface area contributed by atoms with Gasteiger partial charge in [0.2, 0.25) is 5.91 Å². The van der Waals surface area contributed by atoms with E-state index in [0.717, 1.165) is 12.8 Å². The molecule has 6 heteroatoms. The van der Waals surface area contributed by atoms with Crippen molar-refractivity contribution in [2.75, 3.05) is 18.5 Å². The van der Waals surface area contributed by atoms with Crippen LogP contribution >= 0.6 is 0 Å². The molecule has 2 heterocycles. The monoisotopic (exact) mass is 238 g/mol. The molecule has 1 N–H and O–H groups in total. The molecule has 1 saturated heterocycles. The van der Waals surface area contributed by atoms with Gasteiger partial charge >= 0.3 is 0 Å². The van der Waals surface area contributed by atoms with Crippen LogP contribution in [0.4, 0.5) is 5.82 Å². The Balaban J connectivity index is 1.92. The number of amides is 1. The van der Waals surface area contributed by atoms with Gasteiger partial charge in [-0.1, -0.05) is 5.21 Å². The number of hydrogen-bond donors (Lipinski definition) is 1. The molecule has 0 aromatic carbocycles. The Morgan fingerprint density at radius 2 is 2.24 bits per heavy atom. The Kier molecular flexibility index (Phi) is 3.73. The zero-order chi connectivity index (χ0) is 12.3. The second-order valence-corrected chi connectivity index (χ2v) is 4.55. The highest BCUT2D eigenvalue weighted by atomic mass is 16.5. The van der Waals surface area contributed by atoms with Crippen LogP contribution in [0.5, 0.6) is 0 Å². The normalized spacial score (nSPS) is 17.4. The lowest BCUT2D eigenvalue weighted by molar-refractivity contribution is -0.122. The number of ether oxygens (including phenoxy) is 1. The molecule has 1 aliphatic heterocycles. The lowest BCUT2D eigenvalue weighted by atomic mass is 9.99. The van der Waals surface area contributed by atoms with E-state index in [-0.39, 0.29) is 17.9 Å². The maximum atomic E-state index is 11.9. The third kappa shape index (κ3) is 3.03. The first kappa shape index (κ1) is 12.0. The number of anilines is 1. The molecule has 94 valence electrons. The van der Waals surface area contributed by atoms with Gasteiger partial charge < -0.3 is 10.1 Å². The quantitative estimate of drug-likeness (QED) is 0.859. The van der Waals surface area contributed by atoms with Crippen molar-refractivity contribution < 1.29 is 9.53 Å². The van der Waals surface area contributed by atoms with E-state index in [2.05, 4.69) is 15.6 Å². The SMILES string of the molecule is CC(C)n1cc(NC(=O)C2CCOCC2)nn1. The molecule has 2 rings (SSSR count). The minimum atomic E-state index is 0.0177. The average Bonchev–Trinajstić information content (AvgIpc) is 2.79. The van der Waals surface area contributed by atoms with Crippen molar-refractivity contribution in [3.8, 4) is 0 Å². The molecule has 1 aromatic heterocycles. The van der Waals surface area contributed by atoms with Gasteiger partial charge in [0.1, 0.15) is 0 Å². The summed E-state index contributed by atoms with van der Waals surface area (Å²) in [6.45, 7) is 5.35. The Morgan fingerprint density at radius 1 is 1.53 bits per heavy atom. The zero-order valence-corrected chi connectivity index (χ0v) is 10.2. The summed E-state index contributed by atoms with van der Waals surface area (Å²) in [4.78, 5) is 11.9. The van der Waals surface area contributed by atoms with Crippen molar-refractivity contribution in [1.82, 2.24) is 15.0 Å². The summed E-state index contributed by atoms with van der Waals surface area (Å²) in [6.07, 6.45) is 3.32. The van der Waals surface area contributed by atoms with E-state index in [1.807, 2.05) is 13.8 Å². The molecular weight excluding hydrogens is 220 g/mol. The topological polar surface area (TPSA) is 69.0 Å². The molecule has 0 saturated carbocycles. The van der Waals surface area contributed by atoms with Gasteiger partial charge in [0, 0.05) is 25.2 Å². The van der Waals surface area contributed by atoms with Gasteiger partial charge in [-0.15, -0.1) is 5.10 Å². The molecule has 1 amide bonds. The van der Waals surface area contributed by atoms with Crippen LogP contribution in [0, 0.1) is 5.92 Å². The fourth-order valence-corrected chi connectivity index (χ4v) is 1.77. The number of rotatable bonds is 3. The molecule has 0 bridgehead atoms. The number of aromatic nitrogens is 3. The molecule has 0 unspecified atom stereocenters. The number of carbonyl (C=O) groups is 1. The van der Waals surface area contributed by atoms with Gasteiger partial charge in [-0.3, -0.25) is 4.79 Å². The summed E-state index contributed by atoms with van der Waals surface area (Å²) in [5, 5.41) is 10.7. The smallest absolute Gasteiger partial charge is 0.228 e. The van der Waals surface area contributed by atoms with Gasteiger partial charge in [-0.05, 0) is 26.7 Å². The fraction of sp³-hybridized carbons (Fsp3) is 0.727. The van der Waals surface area contributed by atoms with E-state index < -0.39 is 0 Å². The Morgan fingerprint density at radius 3 is 2.82 bits per heavy atom. The van der Waals surface area contributed by atoms with Gasteiger partial charge in [0.25, 0.3) is 0 Å².